The normalized spacial score (nSPS) is 10.6. The molecule has 0 aliphatic heterocycles. The van der Waals surface area contributed by atoms with Gasteiger partial charge in [-0.3, -0.25) is 0 Å². The molecule has 4 nitrogen and oxygen atoms in total. The number of aryl methyl sites for hydroxylation is 1. The average molecular weight is 436 g/mol. The lowest BCUT2D eigenvalue weighted by molar-refractivity contribution is -0.139. The molecule has 0 aromatic heterocycles. The SMILES string of the molecule is CCN(CCCSc1ccc(OCC(=O)O)c(C)c1)c1ccc(-c2ccccc2)cc1. The molecule has 3 aromatic rings. The fourth-order valence-corrected chi connectivity index (χ4v) is 4.36. The number of aliphatic carboxylic acids is 1. The van der Waals surface area contributed by atoms with E-state index in [1.54, 1.807) is 0 Å². The van der Waals surface area contributed by atoms with Gasteiger partial charge in [-0.1, -0.05) is 42.5 Å². The first-order valence-corrected chi connectivity index (χ1v) is 11.5. The number of thioether (sulfide) groups is 1. The largest absolute Gasteiger partial charge is 0.482 e. The second-order valence-corrected chi connectivity index (χ2v) is 8.47. The van der Waals surface area contributed by atoms with Crippen LogP contribution in [0.1, 0.15) is 18.9 Å². The standard InChI is InChI=1S/C26H29NO3S/c1-3-27(23-12-10-22(11-13-23)21-8-5-4-6-9-21)16-7-17-31-24-14-15-25(20(2)18-24)30-19-26(28)29/h4-6,8-15,18H,3,7,16-17,19H2,1-2H3,(H,28,29). The second-order valence-electron chi connectivity index (χ2n) is 7.30. The summed E-state index contributed by atoms with van der Waals surface area (Å²) in [7, 11) is 0. The summed E-state index contributed by atoms with van der Waals surface area (Å²) in [5, 5.41) is 8.74. The summed E-state index contributed by atoms with van der Waals surface area (Å²) in [5.41, 5.74) is 4.69. The van der Waals surface area contributed by atoms with Crippen molar-refractivity contribution in [3.8, 4) is 16.9 Å². The highest BCUT2D eigenvalue weighted by atomic mass is 32.2. The highest BCUT2D eigenvalue weighted by Gasteiger charge is 2.07. The Morgan fingerprint density at radius 3 is 2.35 bits per heavy atom. The summed E-state index contributed by atoms with van der Waals surface area (Å²) in [5.74, 6) is 0.684. The molecular formula is C26H29NO3S. The predicted octanol–water partition coefficient (Wildman–Crippen LogP) is 6.13. The molecule has 3 rings (SSSR count). The van der Waals surface area contributed by atoms with Crippen LogP contribution in [-0.2, 0) is 4.79 Å². The molecule has 0 atom stereocenters. The van der Waals surface area contributed by atoms with Crippen LogP contribution in [0.3, 0.4) is 0 Å². The molecule has 0 radical (unpaired) electrons. The van der Waals surface area contributed by atoms with E-state index in [0.717, 1.165) is 30.8 Å². The summed E-state index contributed by atoms with van der Waals surface area (Å²) >= 11 is 1.82. The van der Waals surface area contributed by atoms with Gasteiger partial charge in [-0.2, -0.15) is 0 Å². The molecule has 0 heterocycles. The van der Waals surface area contributed by atoms with Crippen LogP contribution in [0.15, 0.2) is 77.7 Å². The Hall–Kier alpha value is -2.92. The predicted molar refractivity (Wildman–Crippen MR) is 129 cm³/mol. The molecular weight excluding hydrogens is 406 g/mol. The van der Waals surface area contributed by atoms with Crippen LogP contribution < -0.4 is 9.64 Å². The Morgan fingerprint density at radius 2 is 1.71 bits per heavy atom. The van der Waals surface area contributed by atoms with Crippen LogP contribution in [0.4, 0.5) is 5.69 Å². The van der Waals surface area contributed by atoms with Gasteiger partial charge in [-0.05, 0) is 73.0 Å². The van der Waals surface area contributed by atoms with Crippen LogP contribution in [-0.4, -0.2) is 36.5 Å². The number of carboxylic acids is 1. The van der Waals surface area contributed by atoms with Gasteiger partial charge in [-0.15, -0.1) is 11.8 Å². The number of anilines is 1. The van der Waals surface area contributed by atoms with Crippen molar-refractivity contribution in [1.29, 1.82) is 0 Å². The van der Waals surface area contributed by atoms with Crippen molar-refractivity contribution in [1.82, 2.24) is 0 Å². The zero-order chi connectivity index (χ0) is 22.1. The zero-order valence-corrected chi connectivity index (χ0v) is 18.9. The molecule has 5 heteroatoms. The Balaban J connectivity index is 1.49. The maximum absolute atomic E-state index is 10.7. The van der Waals surface area contributed by atoms with E-state index in [9.17, 15) is 4.79 Å². The van der Waals surface area contributed by atoms with Crippen molar-refractivity contribution in [3.05, 3.63) is 78.4 Å². The van der Waals surface area contributed by atoms with E-state index < -0.39 is 5.97 Å². The summed E-state index contributed by atoms with van der Waals surface area (Å²) in [4.78, 5) is 14.2. The summed E-state index contributed by atoms with van der Waals surface area (Å²) in [6.45, 7) is 5.81. The smallest absolute Gasteiger partial charge is 0.341 e. The molecule has 3 aromatic carbocycles. The molecule has 0 aliphatic rings. The van der Waals surface area contributed by atoms with Crippen molar-refractivity contribution in [3.63, 3.8) is 0 Å². The van der Waals surface area contributed by atoms with E-state index in [2.05, 4.69) is 66.4 Å². The van der Waals surface area contributed by atoms with Gasteiger partial charge in [0.2, 0.25) is 0 Å². The van der Waals surface area contributed by atoms with Crippen LogP contribution in [0.25, 0.3) is 11.1 Å². The van der Waals surface area contributed by atoms with Crippen LogP contribution >= 0.6 is 11.8 Å². The first-order chi connectivity index (χ1) is 15.1. The lowest BCUT2D eigenvalue weighted by atomic mass is 10.1. The van der Waals surface area contributed by atoms with Gasteiger partial charge >= 0.3 is 5.97 Å². The van der Waals surface area contributed by atoms with Crippen molar-refractivity contribution < 1.29 is 14.6 Å². The second kappa shape index (κ2) is 11.5. The Morgan fingerprint density at radius 1 is 1.00 bits per heavy atom. The third kappa shape index (κ3) is 6.79. The number of carboxylic acid groups (broad SMARTS) is 1. The number of hydrogen-bond donors (Lipinski definition) is 1. The van der Waals surface area contributed by atoms with Gasteiger partial charge in [-0.25, -0.2) is 4.79 Å². The van der Waals surface area contributed by atoms with Crippen molar-refractivity contribution >= 4 is 23.4 Å². The molecule has 0 saturated carbocycles. The highest BCUT2D eigenvalue weighted by Crippen LogP contribution is 2.27. The number of ether oxygens (including phenoxy) is 1. The highest BCUT2D eigenvalue weighted by molar-refractivity contribution is 7.99. The number of nitrogens with zero attached hydrogens (tertiary/aromatic N) is 1. The molecule has 1 N–H and O–H groups in total. The molecule has 0 fully saturated rings. The molecule has 162 valence electrons. The van der Waals surface area contributed by atoms with Crippen molar-refractivity contribution in [2.24, 2.45) is 0 Å². The van der Waals surface area contributed by atoms with Crippen molar-refractivity contribution in [2.45, 2.75) is 25.2 Å². The van der Waals surface area contributed by atoms with Gasteiger partial charge in [0.15, 0.2) is 6.61 Å². The first-order valence-electron chi connectivity index (χ1n) is 10.6. The van der Waals surface area contributed by atoms with Gasteiger partial charge < -0.3 is 14.7 Å². The summed E-state index contributed by atoms with van der Waals surface area (Å²) in [6.07, 6.45) is 1.08. The van der Waals surface area contributed by atoms with Gasteiger partial charge in [0.25, 0.3) is 0 Å². The first kappa shape index (κ1) is 22.8. The molecule has 0 amide bonds. The third-order valence-electron chi connectivity index (χ3n) is 5.06. The molecule has 31 heavy (non-hydrogen) atoms. The monoisotopic (exact) mass is 435 g/mol. The van der Waals surface area contributed by atoms with E-state index >= 15 is 0 Å². The minimum Gasteiger partial charge on any atom is -0.482 e. The molecule has 0 bridgehead atoms. The van der Waals surface area contributed by atoms with Gasteiger partial charge in [0.05, 0.1) is 0 Å². The number of carbonyl (C=O) groups is 1. The van der Waals surface area contributed by atoms with E-state index in [1.807, 2.05) is 36.9 Å². The Labute approximate surface area is 188 Å². The van der Waals surface area contributed by atoms with Crippen LogP contribution in [0, 0.1) is 6.92 Å². The number of benzene rings is 3. The Bertz CT molecular complexity index is 974. The summed E-state index contributed by atoms with van der Waals surface area (Å²) in [6, 6.07) is 25.1. The van der Waals surface area contributed by atoms with Crippen LogP contribution in [0.2, 0.25) is 0 Å². The fraction of sp³-hybridized carbons (Fsp3) is 0.269. The quantitative estimate of drug-likeness (QED) is 0.290. The lowest BCUT2D eigenvalue weighted by Crippen LogP contribution is -2.24. The number of hydrogen-bond acceptors (Lipinski definition) is 4. The zero-order valence-electron chi connectivity index (χ0n) is 18.1. The van der Waals surface area contributed by atoms with Gasteiger partial charge in [0.1, 0.15) is 5.75 Å². The number of rotatable bonds is 11. The lowest BCUT2D eigenvalue weighted by Gasteiger charge is -2.23. The topological polar surface area (TPSA) is 49.8 Å². The van der Waals surface area contributed by atoms with E-state index in [4.69, 9.17) is 9.84 Å². The van der Waals surface area contributed by atoms with Gasteiger partial charge in [0, 0.05) is 23.7 Å². The third-order valence-corrected chi connectivity index (χ3v) is 6.14. The molecule has 0 saturated heterocycles. The minimum absolute atomic E-state index is 0.313. The van der Waals surface area contributed by atoms with Crippen molar-refractivity contribution in [2.75, 3.05) is 30.3 Å². The van der Waals surface area contributed by atoms with E-state index in [-0.39, 0.29) is 6.61 Å². The average Bonchev–Trinajstić information content (AvgIpc) is 2.79. The molecule has 0 aliphatic carbocycles. The molecule has 0 unspecified atom stereocenters. The maximum atomic E-state index is 10.7. The Kier molecular flexibility index (Phi) is 8.42. The summed E-state index contributed by atoms with van der Waals surface area (Å²) < 4.78 is 5.29. The molecule has 0 spiro atoms. The van der Waals surface area contributed by atoms with E-state index in [1.165, 1.54) is 21.7 Å². The fourth-order valence-electron chi connectivity index (χ4n) is 3.42. The minimum atomic E-state index is -0.965. The van der Waals surface area contributed by atoms with E-state index in [0.29, 0.717) is 5.75 Å². The maximum Gasteiger partial charge on any atom is 0.341 e. The van der Waals surface area contributed by atoms with Crippen LogP contribution in [0.5, 0.6) is 5.75 Å².